The fourth-order valence-electron chi connectivity index (χ4n) is 1.26. The van der Waals surface area contributed by atoms with Crippen LogP contribution >= 0.6 is 11.6 Å². The van der Waals surface area contributed by atoms with Gasteiger partial charge in [-0.3, -0.25) is 0 Å². The number of ether oxygens (including phenoxy) is 1. The van der Waals surface area contributed by atoms with Crippen LogP contribution in [0.1, 0.15) is 11.8 Å². The van der Waals surface area contributed by atoms with Gasteiger partial charge in [-0.05, 0) is 23.7 Å². The zero-order chi connectivity index (χ0) is 8.39. The van der Waals surface area contributed by atoms with Gasteiger partial charge in [0.15, 0.2) is 5.22 Å². The molecular weight excluding hydrogens is 178 g/mol. The van der Waals surface area contributed by atoms with E-state index in [1.54, 1.807) is 6.07 Å². The molecule has 0 radical (unpaired) electrons. The first-order chi connectivity index (χ1) is 5.86. The van der Waals surface area contributed by atoms with Gasteiger partial charge in [0.1, 0.15) is 5.76 Å². The molecule has 1 aromatic rings. The van der Waals surface area contributed by atoms with E-state index in [2.05, 4.69) is 5.32 Å². The minimum absolute atomic E-state index is 0.159. The monoisotopic (exact) mass is 187 g/mol. The Morgan fingerprint density at radius 1 is 1.50 bits per heavy atom. The number of rotatable bonds is 1. The van der Waals surface area contributed by atoms with Crippen LogP contribution < -0.4 is 5.32 Å². The Bertz CT molecular complexity index is 255. The zero-order valence-electron chi connectivity index (χ0n) is 6.55. The van der Waals surface area contributed by atoms with Crippen LogP contribution in [-0.4, -0.2) is 19.8 Å². The van der Waals surface area contributed by atoms with Crippen LogP contribution in [0.3, 0.4) is 0 Å². The number of nitrogens with one attached hydrogen (secondary N) is 1. The third-order valence-electron chi connectivity index (χ3n) is 1.86. The van der Waals surface area contributed by atoms with Gasteiger partial charge in [0.25, 0.3) is 0 Å². The van der Waals surface area contributed by atoms with Crippen molar-refractivity contribution in [3.63, 3.8) is 0 Å². The second-order valence-corrected chi connectivity index (χ2v) is 3.10. The van der Waals surface area contributed by atoms with Gasteiger partial charge < -0.3 is 14.5 Å². The molecule has 1 N–H and O–H groups in total. The lowest BCUT2D eigenvalue weighted by atomic mass is 10.2. The lowest BCUT2D eigenvalue weighted by molar-refractivity contribution is 0.0700. The molecule has 3 nitrogen and oxygen atoms in total. The highest BCUT2D eigenvalue weighted by Gasteiger charge is 2.17. The quantitative estimate of drug-likeness (QED) is 0.725. The molecule has 1 aliphatic rings. The van der Waals surface area contributed by atoms with Crippen molar-refractivity contribution >= 4 is 11.6 Å². The minimum atomic E-state index is 0.159. The molecule has 0 aliphatic carbocycles. The Morgan fingerprint density at radius 2 is 2.42 bits per heavy atom. The molecule has 1 saturated heterocycles. The fraction of sp³-hybridized carbons (Fsp3) is 0.500. The predicted octanol–water partition coefficient (Wildman–Crippen LogP) is 1.59. The van der Waals surface area contributed by atoms with E-state index in [-0.39, 0.29) is 6.04 Å². The summed E-state index contributed by atoms with van der Waals surface area (Å²) in [7, 11) is 0. The summed E-state index contributed by atoms with van der Waals surface area (Å²) in [6.07, 6.45) is 0. The van der Waals surface area contributed by atoms with E-state index in [4.69, 9.17) is 20.8 Å². The maximum Gasteiger partial charge on any atom is 0.193 e. The molecule has 1 aliphatic heterocycles. The second kappa shape index (κ2) is 3.47. The topological polar surface area (TPSA) is 34.4 Å². The summed E-state index contributed by atoms with van der Waals surface area (Å²) in [5.41, 5.74) is 0. The third kappa shape index (κ3) is 1.63. The van der Waals surface area contributed by atoms with Crippen LogP contribution in [0.25, 0.3) is 0 Å². The van der Waals surface area contributed by atoms with Gasteiger partial charge in [0, 0.05) is 6.54 Å². The molecule has 4 heteroatoms. The number of furan rings is 1. The second-order valence-electron chi connectivity index (χ2n) is 2.72. The summed E-state index contributed by atoms with van der Waals surface area (Å²) >= 11 is 5.64. The maximum atomic E-state index is 5.64. The molecule has 2 rings (SSSR count). The molecule has 66 valence electrons. The lowest BCUT2D eigenvalue weighted by Crippen LogP contribution is -2.34. The Morgan fingerprint density at radius 3 is 3.00 bits per heavy atom. The Hall–Kier alpha value is -0.510. The van der Waals surface area contributed by atoms with Crippen molar-refractivity contribution in [3.05, 3.63) is 23.1 Å². The molecule has 1 atom stereocenters. The van der Waals surface area contributed by atoms with Crippen molar-refractivity contribution in [2.24, 2.45) is 0 Å². The first-order valence-electron chi connectivity index (χ1n) is 3.92. The largest absolute Gasteiger partial charge is 0.448 e. The first-order valence-corrected chi connectivity index (χ1v) is 4.30. The van der Waals surface area contributed by atoms with Crippen LogP contribution in [0.4, 0.5) is 0 Å². The lowest BCUT2D eigenvalue weighted by Gasteiger charge is -2.21. The van der Waals surface area contributed by atoms with Crippen molar-refractivity contribution in [2.75, 3.05) is 19.8 Å². The molecule has 0 unspecified atom stereocenters. The van der Waals surface area contributed by atoms with E-state index < -0.39 is 0 Å². The molecule has 2 heterocycles. The predicted molar refractivity (Wildman–Crippen MR) is 45.3 cm³/mol. The average molecular weight is 188 g/mol. The Balaban J connectivity index is 2.08. The van der Waals surface area contributed by atoms with Crippen LogP contribution in [0.15, 0.2) is 16.5 Å². The summed E-state index contributed by atoms with van der Waals surface area (Å²) in [6.45, 7) is 2.29. The number of hydrogen-bond donors (Lipinski definition) is 1. The van der Waals surface area contributed by atoms with Crippen LogP contribution in [0.2, 0.25) is 5.22 Å². The van der Waals surface area contributed by atoms with Crippen molar-refractivity contribution in [1.29, 1.82) is 0 Å². The maximum absolute atomic E-state index is 5.64. The van der Waals surface area contributed by atoms with Gasteiger partial charge >= 0.3 is 0 Å². The number of morpholine rings is 1. The van der Waals surface area contributed by atoms with Gasteiger partial charge in [-0.1, -0.05) is 0 Å². The average Bonchev–Trinajstić information content (AvgIpc) is 2.54. The van der Waals surface area contributed by atoms with Crippen LogP contribution in [0, 0.1) is 0 Å². The van der Waals surface area contributed by atoms with Crippen LogP contribution in [-0.2, 0) is 4.74 Å². The van der Waals surface area contributed by atoms with Crippen molar-refractivity contribution in [1.82, 2.24) is 5.32 Å². The van der Waals surface area contributed by atoms with Crippen molar-refractivity contribution in [2.45, 2.75) is 6.04 Å². The zero-order valence-corrected chi connectivity index (χ0v) is 7.30. The molecule has 0 amide bonds. The number of hydrogen-bond acceptors (Lipinski definition) is 3. The molecule has 1 fully saturated rings. The minimum Gasteiger partial charge on any atom is -0.448 e. The third-order valence-corrected chi connectivity index (χ3v) is 2.06. The van der Waals surface area contributed by atoms with Gasteiger partial charge in [-0.15, -0.1) is 0 Å². The van der Waals surface area contributed by atoms with E-state index in [1.807, 2.05) is 6.07 Å². The summed E-state index contributed by atoms with van der Waals surface area (Å²) < 4.78 is 10.5. The van der Waals surface area contributed by atoms with E-state index in [0.29, 0.717) is 11.8 Å². The fourth-order valence-corrected chi connectivity index (χ4v) is 1.42. The van der Waals surface area contributed by atoms with E-state index >= 15 is 0 Å². The summed E-state index contributed by atoms with van der Waals surface area (Å²) in [5.74, 6) is 0.847. The van der Waals surface area contributed by atoms with Gasteiger partial charge in [0.05, 0.1) is 19.3 Å². The van der Waals surface area contributed by atoms with Crippen molar-refractivity contribution < 1.29 is 9.15 Å². The Kier molecular flexibility index (Phi) is 2.35. The summed E-state index contributed by atoms with van der Waals surface area (Å²) in [6, 6.07) is 3.77. The van der Waals surface area contributed by atoms with Crippen molar-refractivity contribution in [3.8, 4) is 0 Å². The Labute approximate surface area is 75.6 Å². The molecule has 0 saturated carbocycles. The highest BCUT2D eigenvalue weighted by Crippen LogP contribution is 2.21. The van der Waals surface area contributed by atoms with Crippen LogP contribution in [0.5, 0.6) is 0 Å². The molecular formula is C8H10ClNO2. The highest BCUT2D eigenvalue weighted by atomic mass is 35.5. The van der Waals surface area contributed by atoms with E-state index in [0.717, 1.165) is 18.9 Å². The molecule has 1 aromatic heterocycles. The standard InChI is InChI=1S/C8H10ClNO2/c9-8-2-1-7(12-8)6-5-11-4-3-10-6/h1-2,6,10H,3-5H2/t6-/m0/s1. The summed E-state index contributed by atoms with van der Waals surface area (Å²) in [5, 5.41) is 3.70. The van der Waals surface area contributed by atoms with Gasteiger partial charge in [-0.25, -0.2) is 0 Å². The van der Waals surface area contributed by atoms with Gasteiger partial charge in [0.2, 0.25) is 0 Å². The van der Waals surface area contributed by atoms with E-state index in [9.17, 15) is 0 Å². The first kappa shape index (κ1) is 8.10. The molecule has 0 spiro atoms. The summed E-state index contributed by atoms with van der Waals surface area (Å²) in [4.78, 5) is 0. The molecule has 12 heavy (non-hydrogen) atoms. The SMILES string of the molecule is Clc1ccc([C@@H]2COCCN2)o1. The highest BCUT2D eigenvalue weighted by molar-refractivity contribution is 6.28. The van der Waals surface area contributed by atoms with E-state index in [1.165, 1.54) is 0 Å². The molecule has 0 bridgehead atoms. The number of halogens is 1. The van der Waals surface area contributed by atoms with Gasteiger partial charge in [-0.2, -0.15) is 0 Å². The molecule has 0 aromatic carbocycles. The smallest absolute Gasteiger partial charge is 0.193 e. The normalized spacial score (nSPS) is 24.2.